The molecule has 0 heterocycles. The zero-order chi connectivity index (χ0) is 18.2. The van der Waals surface area contributed by atoms with Crippen molar-refractivity contribution >= 4 is 9.28 Å². The van der Waals surface area contributed by atoms with Crippen molar-refractivity contribution in [3.05, 3.63) is 113 Å². The molecular weight excluding hydrogens is 474 g/mol. The smallest absolute Gasteiger partial charge is 1.00 e. The number of benzene rings is 3. The van der Waals surface area contributed by atoms with Gasteiger partial charge in [-0.3, -0.25) is 0 Å². The van der Waals surface area contributed by atoms with Crippen LogP contribution in [0.5, 0.6) is 0 Å². The van der Waals surface area contributed by atoms with Crippen LogP contribution in [0.25, 0.3) is 16.7 Å². The first kappa shape index (κ1) is 22.2. The van der Waals surface area contributed by atoms with E-state index in [1.54, 1.807) is 11.1 Å². The zero-order valence-corrected chi connectivity index (χ0v) is 20.2. The molecule has 0 saturated heterocycles. The van der Waals surface area contributed by atoms with E-state index >= 15 is 0 Å². The van der Waals surface area contributed by atoms with Gasteiger partial charge in [-0.2, -0.15) is 0 Å². The van der Waals surface area contributed by atoms with Crippen LogP contribution in [0.1, 0.15) is 32.3 Å². The number of fused-ring (bicyclic) bond motifs is 3. The summed E-state index contributed by atoms with van der Waals surface area (Å²) in [6, 6.07) is 26.9. The molecule has 1 unspecified atom stereocenters. The zero-order valence-electron chi connectivity index (χ0n) is 16.3. The molecule has 0 saturated carbocycles. The Bertz CT molecular complexity index is 1110. The molecule has 2 aliphatic rings. The summed E-state index contributed by atoms with van der Waals surface area (Å²) in [5.74, 6) is 0. The van der Waals surface area contributed by atoms with Crippen molar-refractivity contribution in [2.24, 2.45) is 0 Å². The van der Waals surface area contributed by atoms with Crippen molar-refractivity contribution < 1.29 is 46.1 Å². The fourth-order valence-electron chi connectivity index (χ4n) is 4.56. The standard InChI is InChI=1S/C18H13.C7H6.CH3.2ClH.Zr/c1-2-7-13(6-1)15-10-5-11-17-16-9-4-3-8-14(16)12-18(15)17;1-7-5-3-2-4-6-7;;;;/h1-6,8-12H,7H2;1-6H;1H3;2*1H;/q;;;;;+2/p-2. The summed E-state index contributed by atoms with van der Waals surface area (Å²) in [6.45, 7) is 0. The van der Waals surface area contributed by atoms with E-state index in [-0.39, 0.29) is 24.8 Å². The van der Waals surface area contributed by atoms with Gasteiger partial charge in [-0.25, -0.2) is 0 Å². The fraction of sp³-hybridized carbons (Fsp3) is 0.115. The van der Waals surface area contributed by atoms with E-state index in [0.29, 0.717) is 3.63 Å². The minimum atomic E-state index is -1.87. The summed E-state index contributed by atoms with van der Waals surface area (Å²) >= 11 is -1.87. The minimum Gasteiger partial charge on any atom is -1.00 e. The molecule has 0 spiro atoms. The molecule has 1 atom stereocenters. The van der Waals surface area contributed by atoms with E-state index < -0.39 is 21.3 Å². The first-order valence-electron chi connectivity index (χ1n) is 9.64. The van der Waals surface area contributed by atoms with Gasteiger partial charge >= 0.3 is 170 Å². The second-order valence-electron chi connectivity index (χ2n) is 7.41. The van der Waals surface area contributed by atoms with Crippen molar-refractivity contribution in [2.75, 3.05) is 0 Å². The van der Waals surface area contributed by atoms with Crippen molar-refractivity contribution in [2.45, 2.75) is 14.7 Å². The number of rotatable bonds is 3. The maximum Gasteiger partial charge on any atom is -1.00 e. The second kappa shape index (κ2) is 9.52. The fourth-order valence-corrected chi connectivity index (χ4v) is 10.4. The maximum atomic E-state index is 2.62. The molecule has 2 aliphatic carbocycles. The molecule has 0 aliphatic heterocycles. The monoisotopic (exact) mass is 494 g/mol. The summed E-state index contributed by atoms with van der Waals surface area (Å²) in [6.07, 6.45) is 7.83. The molecule has 0 nitrogen and oxygen atoms in total. The van der Waals surface area contributed by atoms with E-state index in [0.717, 1.165) is 6.42 Å². The van der Waals surface area contributed by atoms with E-state index in [9.17, 15) is 0 Å². The average molecular weight is 497 g/mol. The number of hydrogen-bond acceptors (Lipinski definition) is 0. The predicted octanol–water partition coefficient (Wildman–Crippen LogP) is 0.625. The van der Waals surface area contributed by atoms with Gasteiger partial charge in [0.15, 0.2) is 0 Å². The molecule has 144 valence electrons. The molecule has 3 aromatic carbocycles. The summed E-state index contributed by atoms with van der Waals surface area (Å²) in [5, 5.41) is 0. The van der Waals surface area contributed by atoms with E-state index in [4.69, 9.17) is 0 Å². The van der Waals surface area contributed by atoms with Gasteiger partial charge in [-0.15, -0.1) is 0 Å². The van der Waals surface area contributed by atoms with Crippen LogP contribution in [-0.2, 0) is 21.3 Å². The third kappa shape index (κ3) is 4.06. The molecule has 3 aromatic rings. The van der Waals surface area contributed by atoms with Crippen LogP contribution in [0.2, 0.25) is 4.63 Å². The van der Waals surface area contributed by atoms with Gasteiger partial charge in [0.2, 0.25) is 0 Å². The van der Waals surface area contributed by atoms with Gasteiger partial charge in [-0.05, 0) is 0 Å². The molecule has 0 aromatic heterocycles. The maximum absolute atomic E-state index is 2.62. The Morgan fingerprint density at radius 3 is 2.24 bits per heavy atom. The Hall–Kier alpha value is -1.53. The van der Waals surface area contributed by atoms with Crippen LogP contribution in [0.4, 0.5) is 0 Å². The molecule has 5 rings (SSSR count). The Morgan fingerprint density at radius 1 is 0.793 bits per heavy atom. The van der Waals surface area contributed by atoms with Crippen LogP contribution in [0.15, 0.2) is 91.0 Å². The minimum absolute atomic E-state index is 0. The van der Waals surface area contributed by atoms with Gasteiger partial charge in [0, 0.05) is 0 Å². The molecule has 0 radical (unpaired) electrons. The number of halogens is 2. The molecule has 0 amide bonds. The Kier molecular flexibility index (Phi) is 7.28. The molecule has 3 heteroatoms. The largest absolute Gasteiger partial charge is 1.00 e. The van der Waals surface area contributed by atoms with Crippen molar-refractivity contribution in [3.63, 3.8) is 0 Å². The first-order valence-corrected chi connectivity index (χ1v) is 14.9. The first-order chi connectivity index (χ1) is 13.3. The Morgan fingerprint density at radius 2 is 1.48 bits per heavy atom. The van der Waals surface area contributed by atoms with E-state index in [1.165, 1.54) is 27.8 Å². The van der Waals surface area contributed by atoms with Crippen LogP contribution in [0.3, 0.4) is 0 Å². The van der Waals surface area contributed by atoms with Crippen LogP contribution in [-0.4, -0.2) is 3.71 Å². The second-order valence-corrected chi connectivity index (χ2v) is 13.2. The van der Waals surface area contributed by atoms with Gasteiger partial charge in [0.05, 0.1) is 0 Å². The van der Waals surface area contributed by atoms with Crippen LogP contribution < -0.4 is 24.8 Å². The number of allylic oxidation sites excluding steroid dienone is 4. The Balaban J connectivity index is 0.00000120. The molecule has 0 N–H and O–H groups in total. The normalized spacial score (nSPS) is 15.8. The molecule has 0 fully saturated rings. The van der Waals surface area contributed by atoms with Gasteiger partial charge in [0.25, 0.3) is 0 Å². The van der Waals surface area contributed by atoms with Gasteiger partial charge in [0.1, 0.15) is 0 Å². The molecule has 29 heavy (non-hydrogen) atoms. The SMILES string of the molecule is [CH3][Zr+2](=[CH]c1ccccc1)[CH]1c2ccccc2-c2cccc(C3=CC=CC3)c21.[Cl-].[Cl-]. The predicted molar refractivity (Wildman–Crippen MR) is 113 cm³/mol. The van der Waals surface area contributed by atoms with E-state index in [2.05, 4.69) is 99.4 Å². The van der Waals surface area contributed by atoms with Crippen molar-refractivity contribution in [1.82, 2.24) is 0 Å². The third-order valence-electron chi connectivity index (χ3n) is 5.72. The summed E-state index contributed by atoms with van der Waals surface area (Å²) < 4.78 is 5.78. The molecule has 0 bridgehead atoms. The topological polar surface area (TPSA) is 0 Å². The summed E-state index contributed by atoms with van der Waals surface area (Å²) in [5.41, 5.74) is 10.4. The summed E-state index contributed by atoms with van der Waals surface area (Å²) in [4.78, 5) is 0. The molecular formula is C26H22Cl2Zr. The third-order valence-corrected chi connectivity index (χ3v) is 11.4. The average Bonchev–Trinajstić information content (AvgIpc) is 3.35. The van der Waals surface area contributed by atoms with Gasteiger partial charge in [-0.1, -0.05) is 0 Å². The summed E-state index contributed by atoms with van der Waals surface area (Å²) in [7, 11) is 0. The van der Waals surface area contributed by atoms with E-state index in [1.807, 2.05) is 0 Å². The van der Waals surface area contributed by atoms with Crippen LogP contribution >= 0.6 is 0 Å². The van der Waals surface area contributed by atoms with Crippen molar-refractivity contribution in [3.8, 4) is 11.1 Å². The van der Waals surface area contributed by atoms with Crippen molar-refractivity contribution in [1.29, 1.82) is 0 Å². The quantitative estimate of drug-likeness (QED) is 0.499. The Labute approximate surface area is 193 Å². The van der Waals surface area contributed by atoms with Gasteiger partial charge < -0.3 is 24.8 Å². The van der Waals surface area contributed by atoms with Crippen LogP contribution in [0, 0.1) is 0 Å². The number of hydrogen-bond donors (Lipinski definition) is 0.